The molecular weight excluding hydrogens is 330 g/mol. The van der Waals surface area contributed by atoms with Gasteiger partial charge in [0.1, 0.15) is 5.75 Å². The zero-order valence-electron chi connectivity index (χ0n) is 13.6. The van der Waals surface area contributed by atoms with Crippen LogP contribution in [0, 0.1) is 0 Å². The molecule has 0 spiro atoms. The maximum atomic E-state index is 12.5. The van der Waals surface area contributed by atoms with Crippen molar-refractivity contribution in [1.82, 2.24) is 10.3 Å². The maximum absolute atomic E-state index is 12.5. The third kappa shape index (κ3) is 4.23. The number of sulfonamides is 1. The van der Waals surface area contributed by atoms with E-state index in [4.69, 9.17) is 4.74 Å². The summed E-state index contributed by atoms with van der Waals surface area (Å²) in [7, 11) is -2.43. The Morgan fingerprint density at radius 2 is 2.00 bits per heavy atom. The monoisotopic (exact) mass is 349 g/mol. The number of benzene rings is 1. The molecule has 8 heteroatoms. The van der Waals surface area contributed by atoms with E-state index in [0.29, 0.717) is 11.4 Å². The average Bonchev–Trinajstić information content (AvgIpc) is 2.54. The second-order valence-electron chi connectivity index (χ2n) is 5.34. The summed E-state index contributed by atoms with van der Waals surface area (Å²) < 4.78 is 32.5. The summed E-state index contributed by atoms with van der Waals surface area (Å²) in [6.45, 7) is 3.63. The molecule has 2 rings (SSSR count). The Balaban J connectivity index is 2.38. The Morgan fingerprint density at radius 3 is 2.58 bits per heavy atom. The number of carbonyl (C=O) groups is 1. The Kier molecular flexibility index (Phi) is 5.40. The van der Waals surface area contributed by atoms with Crippen molar-refractivity contribution in [2.45, 2.75) is 24.8 Å². The minimum absolute atomic E-state index is 0.0407. The van der Waals surface area contributed by atoms with Crippen molar-refractivity contribution in [3.63, 3.8) is 0 Å². The Hall–Kier alpha value is -2.61. The summed E-state index contributed by atoms with van der Waals surface area (Å²) in [4.78, 5) is 16.1. The number of ether oxygens (including phenoxy) is 1. The number of carbonyl (C=O) groups excluding carboxylic acids is 1. The third-order valence-corrected chi connectivity index (χ3v) is 4.44. The molecule has 0 aliphatic rings. The predicted octanol–water partition coefficient (Wildman–Crippen LogP) is 2.03. The summed E-state index contributed by atoms with van der Waals surface area (Å²) >= 11 is 0. The lowest BCUT2D eigenvalue weighted by Crippen LogP contribution is -2.30. The Morgan fingerprint density at radius 1 is 1.25 bits per heavy atom. The molecule has 1 amide bonds. The van der Waals surface area contributed by atoms with Crippen molar-refractivity contribution in [3.05, 3.63) is 48.3 Å². The molecule has 0 bridgehead atoms. The minimum atomic E-state index is -3.85. The average molecular weight is 349 g/mol. The van der Waals surface area contributed by atoms with Gasteiger partial charge in [0.2, 0.25) is 0 Å². The van der Waals surface area contributed by atoms with Crippen LogP contribution < -0.4 is 14.8 Å². The number of methoxy groups -OCH3 is 1. The van der Waals surface area contributed by atoms with E-state index in [9.17, 15) is 13.2 Å². The molecular formula is C16H19N3O4S. The molecule has 1 heterocycles. The molecule has 0 aliphatic heterocycles. The number of nitrogens with one attached hydrogen (secondary N) is 2. The quantitative estimate of drug-likeness (QED) is 0.832. The van der Waals surface area contributed by atoms with Gasteiger partial charge >= 0.3 is 0 Å². The Bertz CT molecular complexity index is 820. The Labute approximate surface area is 141 Å². The molecule has 1 aromatic heterocycles. The molecule has 2 aromatic rings. The molecule has 0 aliphatic carbocycles. The van der Waals surface area contributed by atoms with Gasteiger partial charge in [-0.2, -0.15) is 0 Å². The second-order valence-corrected chi connectivity index (χ2v) is 7.02. The van der Waals surface area contributed by atoms with E-state index < -0.39 is 15.9 Å². The van der Waals surface area contributed by atoms with Crippen molar-refractivity contribution >= 4 is 21.6 Å². The summed E-state index contributed by atoms with van der Waals surface area (Å²) in [6.07, 6.45) is 2.94. The number of hydrogen-bond acceptors (Lipinski definition) is 5. The maximum Gasteiger partial charge on any atom is 0.261 e. The van der Waals surface area contributed by atoms with Gasteiger partial charge in [-0.05, 0) is 44.2 Å². The number of amides is 1. The van der Waals surface area contributed by atoms with Crippen molar-refractivity contribution in [2.24, 2.45) is 0 Å². The highest BCUT2D eigenvalue weighted by atomic mass is 32.2. The van der Waals surface area contributed by atoms with Gasteiger partial charge in [-0.3, -0.25) is 14.5 Å². The number of pyridine rings is 1. The van der Waals surface area contributed by atoms with E-state index in [2.05, 4.69) is 15.0 Å². The number of aromatic nitrogens is 1. The van der Waals surface area contributed by atoms with Gasteiger partial charge < -0.3 is 10.1 Å². The first kappa shape index (κ1) is 17.7. The van der Waals surface area contributed by atoms with Crippen LogP contribution in [0.1, 0.15) is 24.2 Å². The summed E-state index contributed by atoms with van der Waals surface area (Å²) in [5, 5.41) is 2.72. The summed E-state index contributed by atoms with van der Waals surface area (Å²) in [5.41, 5.74) is 0.488. The summed E-state index contributed by atoms with van der Waals surface area (Å²) in [6, 6.07) is 7.23. The van der Waals surface area contributed by atoms with Crippen LogP contribution in [0.2, 0.25) is 0 Å². The van der Waals surface area contributed by atoms with Gasteiger partial charge in [-0.25, -0.2) is 8.42 Å². The fourth-order valence-corrected chi connectivity index (χ4v) is 3.08. The van der Waals surface area contributed by atoms with Crippen LogP contribution >= 0.6 is 0 Å². The van der Waals surface area contributed by atoms with Crippen molar-refractivity contribution < 1.29 is 17.9 Å². The van der Waals surface area contributed by atoms with Gasteiger partial charge in [0.05, 0.1) is 29.5 Å². The zero-order valence-corrected chi connectivity index (χ0v) is 14.4. The number of rotatable bonds is 6. The molecule has 7 nitrogen and oxygen atoms in total. The lowest BCUT2D eigenvalue weighted by atomic mass is 10.2. The van der Waals surface area contributed by atoms with Gasteiger partial charge in [0.15, 0.2) is 0 Å². The van der Waals surface area contributed by atoms with Crippen molar-refractivity contribution in [1.29, 1.82) is 0 Å². The highest BCUT2D eigenvalue weighted by Gasteiger charge is 2.20. The lowest BCUT2D eigenvalue weighted by Gasteiger charge is -2.14. The van der Waals surface area contributed by atoms with Gasteiger partial charge in [0.25, 0.3) is 15.9 Å². The van der Waals surface area contributed by atoms with Crippen molar-refractivity contribution in [2.75, 3.05) is 11.8 Å². The molecule has 0 saturated heterocycles. The van der Waals surface area contributed by atoms with E-state index in [1.165, 1.54) is 31.5 Å². The van der Waals surface area contributed by atoms with E-state index >= 15 is 0 Å². The SMILES string of the molecule is COc1ccc(S(=O)(=O)Nc2cccnc2)cc1C(=O)NC(C)C. The third-order valence-electron chi connectivity index (χ3n) is 3.06. The van der Waals surface area contributed by atoms with Crippen molar-refractivity contribution in [3.8, 4) is 5.75 Å². The standard InChI is InChI=1S/C16H19N3O4S/c1-11(2)18-16(20)14-9-13(6-7-15(14)23-3)24(21,22)19-12-5-4-8-17-10-12/h4-11,19H,1-3H3,(H,18,20). The normalized spacial score (nSPS) is 11.2. The molecule has 24 heavy (non-hydrogen) atoms. The van der Waals surface area contributed by atoms with Crippen LogP contribution in [-0.4, -0.2) is 32.5 Å². The first-order valence-corrected chi connectivity index (χ1v) is 8.73. The van der Waals surface area contributed by atoms with Gasteiger partial charge in [-0.15, -0.1) is 0 Å². The molecule has 1 aromatic carbocycles. The number of nitrogens with zero attached hydrogens (tertiary/aromatic N) is 1. The number of hydrogen-bond donors (Lipinski definition) is 2. The van der Waals surface area contributed by atoms with Crippen LogP contribution in [0.5, 0.6) is 5.75 Å². The molecule has 0 saturated carbocycles. The van der Waals surface area contributed by atoms with E-state index in [0.717, 1.165) is 0 Å². The zero-order chi connectivity index (χ0) is 17.7. The smallest absolute Gasteiger partial charge is 0.261 e. The van der Waals surface area contributed by atoms with E-state index in [1.54, 1.807) is 18.3 Å². The molecule has 0 fully saturated rings. The molecule has 0 unspecified atom stereocenters. The minimum Gasteiger partial charge on any atom is -0.496 e. The molecule has 128 valence electrons. The molecule has 2 N–H and O–H groups in total. The molecule has 0 atom stereocenters. The van der Waals surface area contributed by atoms with Gasteiger partial charge in [-0.1, -0.05) is 0 Å². The van der Waals surface area contributed by atoms with Crippen LogP contribution in [-0.2, 0) is 10.0 Å². The fourth-order valence-electron chi connectivity index (χ4n) is 2.01. The highest BCUT2D eigenvalue weighted by molar-refractivity contribution is 7.92. The molecule has 0 radical (unpaired) electrons. The van der Waals surface area contributed by atoms with E-state index in [-0.39, 0.29) is 16.5 Å². The first-order chi connectivity index (χ1) is 11.3. The van der Waals surface area contributed by atoms with Crippen LogP contribution in [0.25, 0.3) is 0 Å². The van der Waals surface area contributed by atoms with E-state index in [1.807, 2.05) is 13.8 Å². The topological polar surface area (TPSA) is 97.4 Å². The van der Waals surface area contributed by atoms with Crippen LogP contribution in [0.15, 0.2) is 47.6 Å². The van der Waals surface area contributed by atoms with Crippen LogP contribution in [0.4, 0.5) is 5.69 Å². The fraction of sp³-hybridized carbons (Fsp3) is 0.250. The first-order valence-electron chi connectivity index (χ1n) is 7.25. The summed E-state index contributed by atoms with van der Waals surface area (Å²) in [5.74, 6) is -0.103. The highest BCUT2D eigenvalue weighted by Crippen LogP contribution is 2.24. The lowest BCUT2D eigenvalue weighted by molar-refractivity contribution is 0.0940. The van der Waals surface area contributed by atoms with Crippen LogP contribution in [0.3, 0.4) is 0 Å². The number of anilines is 1. The second kappa shape index (κ2) is 7.31. The largest absolute Gasteiger partial charge is 0.496 e. The predicted molar refractivity (Wildman–Crippen MR) is 90.6 cm³/mol. The van der Waals surface area contributed by atoms with Gasteiger partial charge in [0, 0.05) is 12.2 Å².